The van der Waals surface area contributed by atoms with E-state index in [2.05, 4.69) is 0 Å². The minimum absolute atomic E-state index is 0.194. The first-order valence-electron chi connectivity index (χ1n) is 6.55. The minimum atomic E-state index is -1.28. The van der Waals surface area contributed by atoms with Gasteiger partial charge in [0.15, 0.2) is 0 Å². The van der Waals surface area contributed by atoms with Crippen molar-refractivity contribution in [2.24, 2.45) is 5.41 Å². The maximum absolute atomic E-state index is 12.5. The SMILES string of the molecule is CC1OC(=O)C(C(=O)c2ccccc2)=C(C(=O)O)C1(C)C. The fourth-order valence-electron chi connectivity index (χ4n) is 2.32. The quantitative estimate of drug-likeness (QED) is 0.524. The Hall–Kier alpha value is -2.43. The first-order chi connectivity index (χ1) is 9.76. The molecule has 1 N–H and O–H groups in total. The van der Waals surface area contributed by atoms with Gasteiger partial charge in [0.05, 0.1) is 5.57 Å². The second-order valence-corrected chi connectivity index (χ2v) is 5.52. The number of esters is 1. The molecule has 0 amide bonds. The number of ketones is 1. The molecule has 1 aromatic rings. The summed E-state index contributed by atoms with van der Waals surface area (Å²) in [4.78, 5) is 36.1. The first kappa shape index (κ1) is 15.0. The van der Waals surface area contributed by atoms with Crippen LogP contribution >= 0.6 is 0 Å². The van der Waals surface area contributed by atoms with Crippen molar-refractivity contribution in [3.05, 3.63) is 47.0 Å². The van der Waals surface area contributed by atoms with Crippen molar-refractivity contribution < 1.29 is 24.2 Å². The molecule has 1 aliphatic rings. The molecule has 1 aliphatic heterocycles. The van der Waals surface area contributed by atoms with Crippen LogP contribution in [0.25, 0.3) is 0 Å². The fourth-order valence-corrected chi connectivity index (χ4v) is 2.32. The third-order valence-corrected chi connectivity index (χ3v) is 3.88. The summed E-state index contributed by atoms with van der Waals surface area (Å²) in [7, 11) is 0. The van der Waals surface area contributed by atoms with Crippen molar-refractivity contribution >= 4 is 17.7 Å². The Labute approximate surface area is 122 Å². The van der Waals surface area contributed by atoms with Crippen LogP contribution < -0.4 is 0 Å². The zero-order valence-corrected chi connectivity index (χ0v) is 12.0. The number of cyclic esters (lactones) is 1. The van der Waals surface area contributed by atoms with Crippen molar-refractivity contribution in [1.29, 1.82) is 0 Å². The molecule has 0 fully saturated rings. The molecular formula is C16H16O5. The maximum Gasteiger partial charge on any atom is 0.343 e. The predicted octanol–water partition coefficient (Wildman–Crippen LogP) is 2.22. The Morgan fingerprint density at radius 3 is 2.29 bits per heavy atom. The van der Waals surface area contributed by atoms with Gasteiger partial charge in [0.1, 0.15) is 11.7 Å². The molecule has 0 aromatic heterocycles. The van der Waals surface area contributed by atoms with Gasteiger partial charge in [-0.3, -0.25) is 4.79 Å². The summed E-state index contributed by atoms with van der Waals surface area (Å²) >= 11 is 0. The number of hydrogen-bond donors (Lipinski definition) is 1. The molecule has 1 heterocycles. The molecule has 0 saturated carbocycles. The average molecular weight is 288 g/mol. The molecule has 0 radical (unpaired) electrons. The van der Waals surface area contributed by atoms with Crippen LogP contribution in [-0.4, -0.2) is 28.9 Å². The molecule has 0 spiro atoms. The number of aliphatic carboxylic acids is 1. The van der Waals surface area contributed by atoms with Gasteiger partial charge in [0.25, 0.3) is 0 Å². The molecule has 110 valence electrons. The molecule has 0 aliphatic carbocycles. The van der Waals surface area contributed by atoms with Crippen molar-refractivity contribution in [2.45, 2.75) is 26.9 Å². The zero-order valence-electron chi connectivity index (χ0n) is 12.0. The van der Waals surface area contributed by atoms with Crippen LogP contribution in [0.15, 0.2) is 41.5 Å². The van der Waals surface area contributed by atoms with Gasteiger partial charge in [-0.15, -0.1) is 0 Å². The summed E-state index contributed by atoms with van der Waals surface area (Å²) in [6.07, 6.45) is -0.622. The van der Waals surface area contributed by atoms with Gasteiger partial charge < -0.3 is 9.84 Å². The van der Waals surface area contributed by atoms with E-state index < -0.39 is 34.8 Å². The van der Waals surface area contributed by atoms with E-state index in [1.165, 1.54) is 12.1 Å². The summed E-state index contributed by atoms with van der Waals surface area (Å²) in [5.41, 5.74) is -1.27. The largest absolute Gasteiger partial charge is 0.478 e. The number of rotatable bonds is 3. The van der Waals surface area contributed by atoms with E-state index in [1.807, 2.05) is 0 Å². The molecule has 21 heavy (non-hydrogen) atoms. The standard InChI is InChI=1S/C16H16O5/c1-9-16(2,3)12(14(18)19)11(15(20)21-9)13(17)10-7-5-4-6-8-10/h4-9H,1-3H3,(H,18,19). The number of hydrogen-bond acceptors (Lipinski definition) is 4. The average Bonchev–Trinajstić information content (AvgIpc) is 2.42. The van der Waals surface area contributed by atoms with Gasteiger partial charge in [-0.1, -0.05) is 44.2 Å². The highest BCUT2D eigenvalue weighted by atomic mass is 16.5. The highest BCUT2D eigenvalue weighted by Crippen LogP contribution is 2.39. The van der Waals surface area contributed by atoms with Gasteiger partial charge >= 0.3 is 11.9 Å². The third-order valence-electron chi connectivity index (χ3n) is 3.88. The molecule has 2 rings (SSSR count). The van der Waals surface area contributed by atoms with Crippen molar-refractivity contribution in [2.75, 3.05) is 0 Å². The Balaban J connectivity index is 2.66. The van der Waals surface area contributed by atoms with Gasteiger partial charge in [0, 0.05) is 11.0 Å². The number of carbonyl (C=O) groups excluding carboxylic acids is 2. The number of carbonyl (C=O) groups is 3. The van der Waals surface area contributed by atoms with Crippen LogP contribution in [0.2, 0.25) is 0 Å². The molecule has 1 aromatic carbocycles. The summed E-state index contributed by atoms with van der Waals surface area (Å²) in [6, 6.07) is 8.10. The van der Waals surface area contributed by atoms with Crippen LogP contribution in [0.5, 0.6) is 0 Å². The summed E-state index contributed by atoms with van der Waals surface area (Å²) < 4.78 is 5.16. The van der Waals surface area contributed by atoms with Crippen molar-refractivity contribution in [3.63, 3.8) is 0 Å². The van der Waals surface area contributed by atoms with Crippen LogP contribution in [0.1, 0.15) is 31.1 Å². The topological polar surface area (TPSA) is 80.7 Å². The van der Waals surface area contributed by atoms with Gasteiger partial charge in [-0.25, -0.2) is 9.59 Å². The van der Waals surface area contributed by atoms with Crippen molar-refractivity contribution in [1.82, 2.24) is 0 Å². The number of carboxylic acids is 1. The van der Waals surface area contributed by atoms with Gasteiger partial charge in [-0.05, 0) is 6.92 Å². The highest BCUT2D eigenvalue weighted by Gasteiger charge is 2.47. The molecule has 0 bridgehead atoms. The smallest absolute Gasteiger partial charge is 0.343 e. The third kappa shape index (κ3) is 2.46. The molecular weight excluding hydrogens is 272 g/mol. The molecule has 1 unspecified atom stereocenters. The van der Waals surface area contributed by atoms with E-state index in [0.717, 1.165) is 0 Å². The lowest BCUT2D eigenvalue weighted by molar-refractivity contribution is -0.153. The van der Waals surface area contributed by atoms with Crippen LogP contribution in [0, 0.1) is 5.41 Å². The lowest BCUT2D eigenvalue weighted by Crippen LogP contribution is -2.43. The van der Waals surface area contributed by atoms with Crippen molar-refractivity contribution in [3.8, 4) is 0 Å². The Morgan fingerprint density at radius 1 is 1.19 bits per heavy atom. The monoisotopic (exact) mass is 288 g/mol. The summed E-state index contributed by atoms with van der Waals surface area (Å²) in [6.45, 7) is 4.91. The highest BCUT2D eigenvalue weighted by molar-refractivity contribution is 6.28. The van der Waals surface area contributed by atoms with Gasteiger partial charge in [0.2, 0.25) is 5.78 Å². The van der Waals surface area contributed by atoms with Crippen LogP contribution in [0.3, 0.4) is 0 Å². The van der Waals surface area contributed by atoms with Crippen LogP contribution in [0.4, 0.5) is 0 Å². The van der Waals surface area contributed by atoms with E-state index in [4.69, 9.17) is 4.74 Å². The second kappa shape index (κ2) is 5.16. The summed E-state index contributed by atoms with van der Waals surface area (Å²) in [5.74, 6) is -2.78. The maximum atomic E-state index is 12.5. The van der Waals surface area contributed by atoms with E-state index >= 15 is 0 Å². The lowest BCUT2D eigenvalue weighted by atomic mass is 9.74. The van der Waals surface area contributed by atoms with E-state index in [-0.39, 0.29) is 11.1 Å². The van der Waals surface area contributed by atoms with E-state index in [9.17, 15) is 19.5 Å². The first-order valence-corrected chi connectivity index (χ1v) is 6.55. The fraction of sp³-hybridized carbons (Fsp3) is 0.312. The molecule has 5 nitrogen and oxygen atoms in total. The lowest BCUT2D eigenvalue weighted by Gasteiger charge is -2.37. The normalized spacial score (nSPS) is 20.9. The van der Waals surface area contributed by atoms with Gasteiger partial charge in [-0.2, -0.15) is 0 Å². The minimum Gasteiger partial charge on any atom is -0.478 e. The summed E-state index contributed by atoms with van der Waals surface area (Å²) in [5, 5.41) is 9.46. The number of benzene rings is 1. The molecule has 5 heteroatoms. The Kier molecular flexibility index (Phi) is 3.68. The number of Topliss-reactive ketones (excluding diaryl/α,β-unsaturated/α-hetero) is 1. The van der Waals surface area contributed by atoms with E-state index in [0.29, 0.717) is 0 Å². The Bertz CT molecular complexity index is 640. The molecule has 1 atom stereocenters. The number of carboxylic acid groups (broad SMARTS) is 1. The van der Waals surface area contributed by atoms with Crippen LogP contribution in [-0.2, 0) is 14.3 Å². The zero-order chi connectivity index (χ0) is 15.8. The van der Waals surface area contributed by atoms with E-state index in [1.54, 1.807) is 39.0 Å². The molecule has 0 saturated heterocycles. The number of ether oxygens (including phenoxy) is 1. The second-order valence-electron chi connectivity index (χ2n) is 5.52. The Morgan fingerprint density at radius 2 is 1.76 bits per heavy atom. The predicted molar refractivity (Wildman–Crippen MR) is 74.8 cm³/mol.